The van der Waals surface area contributed by atoms with Gasteiger partial charge in [0.15, 0.2) is 0 Å². The van der Waals surface area contributed by atoms with Crippen LogP contribution in [0.25, 0.3) is 0 Å². The lowest BCUT2D eigenvalue weighted by molar-refractivity contribution is 0.190. The Morgan fingerprint density at radius 2 is 2.11 bits per heavy atom. The number of benzene rings is 1. The van der Waals surface area contributed by atoms with Crippen LogP contribution in [0.1, 0.15) is 24.5 Å². The first-order valence-electron chi connectivity index (χ1n) is 6.44. The highest BCUT2D eigenvalue weighted by atomic mass is 16.5. The highest BCUT2D eigenvalue weighted by Crippen LogP contribution is 2.20. The fourth-order valence-corrected chi connectivity index (χ4v) is 2.04. The monoisotopic (exact) mass is 252 g/mol. The van der Waals surface area contributed by atoms with Gasteiger partial charge >= 0.3 is 0 Å². The summed E-state index contributed by atoms with van der Waals surface area (Å²) in [4.78, 5) is 2.23. The molecule has 18 heavy (non-hydrogen) atoms. The predicted octanol–water partition coefficient (Wildman–Crippen LogP) is 1.36. The second-order valence-electron chi connectivity index (χ2n) is 4.35. The van der Waals surface area contributed by atoms with Crippen molar-refractivity contribution in [3.05, 3.63) is 29.3 Å². The van der Waals surface area contributed by atoms with E-state index < -0.39 is 0 Å². The first-order valence-corrected chi connectivity index (χ1v) is 6.44. The first-order chi connectivity index (χ1) is 8.74. The van der Waals surface area contributed by atoms with Gasteiger partial charge in [-0.2, -0.15) is 0 Å². The SMILES string of the molecule is CCCN(CCO)Cc1ccc(CN)c(OC)c1. The maximum Gasteiger partial charge on any atom is 0.123 e. The van der Waals surface area contributed by atoms with E-state index in [1.807, 2.05) is 12.1 Å². The Hall–Kier alpha value is -1.10. The molecule has 0 aromatic heterocycles. The minimum atomic E-state index is 0.192. The van der Waals surface area contributed by atoms with Gasteiger partial charge in [0, 0.05) is 25.2 Å². The fourth-order valence-electron chi connectivity index (χ4n) is 2.04. The number of aliphatic hydroxyl groups is 1. The molecule has 0 aliphatic carbocycles. The number of nitrogens with zero attached hydrogens (tertiary/aromatic N) is 1. The molecule has 102 valence electrons. The zero-order chi connectivity index (χ0) is 13.4. The average Bonchev–Trinajstić information content (AvgIpc) is 2.39. The minimum absolute atomic E-state index is 0.192. The van der Waals surface area contributed by atoms with E-state index in [2.05, 4.69) is 17.9 Å². The first kappa shape index (κ1) is 15.0. The van der Waals surface area contributed by atoms with E-state index in [1.54, 1.807) is 7.11 Å². The molecule has 4 heteroatoms. The quantitative estimate of drug-likeness (QED) is 0.733. The number of hydrogen-bond acceptors (Lipinski definition) is 4. The lowest BCUT2D eigenvalue weighted by Crippen LogP contribution is -2.27. The molecule has 0 saturated heterocycles. The standard InChI is InChI=1S/C14H24N2O2/c1-3-6-16(7-8-17)11-12-4-5-13(10-15)14(9-12)18-2/h4-5,9,17H,3,6-8,10-11,15H2,1-2H3. The molecule has 1 aromatic rings. The molecule has 0 saturated carbocycles. The highest BCUT2D eigenvalue weighted by molar-refractivity contribution is 5.37. The van der Waals surface area contributed by atoms with Gasteiger partial charge in [-0.1, -0.05) is 19.1 Å². The Morgan fingerprint density at radius 3 is 2.67 bits per heavy atom. The minimum Gasteiger partial charge on any atom is -0.496 e. The molecule has 3 N–H and O–H groups in total. The molecule has 0 amide bonds. The summed E-state index contributed by atoms with van der Waals surface area (Å²) in [5, 5.41) is 9.04. The lowest BCUT2D eigenvalue weighted by atomic mass is 10.1. The molecule has 0 radical (unpaired) electrons. The summed E-state index contributed by atoms with van der Waals surface area (Å²) in [5.74, 6) is 0.843. The van der Waals surface area contributed by atoms with Crippen molar-refractivity contribution in [3.63, 3.8) is 0 Å². The van der Waals surface area contributed by atoms with Crippen LogP contribution < -0.4 is 10.5 Å². The van der Waals surface area contributed by atoms with Crippen LogP contribution in [-0.2, 0) is 13.1 Å². The molecule has 0 fully saturated rings. The summed E-state index contributed by atoms with van der Waals surface area (Å²) < 4.78 is 5.33. The highest BCUT2D eigenvalue weighted by Gasteiger charge is 2.07. The average molecular weight is 252 g/mol. The van der Waals surface area contributed by atoms with Crippen molar-refractivity contribution in [2.75, 3.05) is 26.8 Å². The van der Waals surface area contributed by atoms with E-state index in [-0.39, 0.29) is 6.61 Å². The molecule has 1 aromatic carbocycles. The van der Waals surface area contributed by atoms with Crippen molar-refractivity contribution in [3.8, 4) is 5.75 Å². The summed E-state index contributed by atoms with van der Waals surface area (Å²) in [6, 6.07) is 6.12. The third-order valence-corrected chi connectivity index (χ3v) is 2.93. The van der Waals surface area contributed by atoms with E-state index in [0.717, 1.165) is 30.8 Å². The van der Waals surface area contributed by atoms with Crippen LogP contribution in [0.2, 0.25) is 0 Å². The van der Waals surface area contributed by atoms with Gasteiger partial charge in [0.1, 0.15) is 5.75 Å². The second-order valence-corrected chi connectivity index (χ2v) is 4.35. The van der Waals surface area contributed by atoms with Gasteiger partial charge in [0.25, 0.3) is 0 Å². The number of rotatable bonds is 8. The predicted molar refractivity (Wildman–Crippen MR) is 73.5 cm³/mol. The fraction of sp³-hybridized carbons (Fsp3) is 0.571. The number of nitrogens with two attached hydrogens (primary N) is 1. The van der Waals surface area contributed by atoms with Gasteiger partial charge in [-0.3, -0.25) is 4.90 Å². The van der Waals surface area contributed by atoms with Crippen molar-refractivity contribution >= 4 is 0 Å². The van der Waals surface area contributed by atoms with Crippen molar-refractivity contribution < 1.29 is 9.84 Å². The van der Waals surface area contributed by atoms with Crippen molar-refractivity contribution in [1.29, 1.82) is 0 Å². The van der Waals surface area contributed by atoms with Gasteiger partial charge in [0.2, 0.25) is 0 Å². The van der Waals surface area contributed by atoms with Crippen molar-refractivity contribution in [2.45, 2.75) is 26.4 Å². The Labute approximate surface area is 109 Å². The topological polar surface area (TPSA) is 58.7 Å². The summed E-state index contributed by atoms with van der Waals surface area (Å²) >= 11 is 0. The Kier molecular flexibility index (Phi) is 6.72. The Bertz CT molecular complexity index is 350. The summed E-state index contributed by atoms with van der Waals surface area (Å²) in [5.41, 5.74) is 7.85. The smallest absolute Gasteiger partial charge is 0.123 e. The van der Waals surface area contributed by atoms with Crippen molar-refractivity contribution in [1.82, 2.24) is 4.90 Å². The van der Waals surface area contributed by atoms with Crippen molar-refractivity contribution in [2.24, 2.45) is 5.73 Å². The summed E-state index contributed by atoms with van der Waals surface area (Å²) in [6.45, 7) is 5.34. The van der Waals surface area contributed by atoms with Crippen LogP contribution >= 0.6 is 0 Å². The zero-order valence-corrected chi connectivity index (χ0v) is 11.4. The molecule has 0 aliphatic rings. The molecule has 4 nitrogen and oxygen atoms in total. The maximum absolute atomic E-state index is 9.04. The zero-order valence-electron chi connectivity index (χ0n) is 11.4. The summed E-state index contributed by atoms with van der Waals surface area (Å²) in [6.07, 6.45) is 1.08. The Balaban J connectivity index is 2.76. The lowest BCUT2D eigenvalue weighted by Gasteiger charge is -2.21. The molecular weight excluding hydrogens is 228 g/mol. The van der Waals surface area contributed by atoms with Gasteiger partial charge in [-0.25, -0.2) is 0 Å². The molecule has 0 spiro atoms. The molecule has 0 unspecified atom stereocenters. The molecule has 0 heterocycles. The summed E-state index contributed by atoms with van der Waals surface area (Å²) in [7, 11) is 1.66. The number of methoxy groups -OCH3 is 1. The van der Waals surface area contributed by atoms with E-state index >= 15 is 0 Å². The normalized spacial score (nSPS) is 10.9. The van der Waals surface area contributed by atoms with E-state index in [0.29, 0.717) is 13.1 Å². The second kappa shape index (κ2) is 8.08. The van der Waals surface area contributed by atoms with E-state index in [4.69, 9.17) is 15.6 Å². The number of ether oxygens (including phenoxy) is 1. The van der Waals surface area contributed by atoms with Crippen LogP contribution in [0.15, 0.2) is 18.2 Å². The van der Waals surface area contributed by atoms with Gasteiger partial charge < -0.3 is 15.6 Å². The van der Waals surface area contributed by atoms with Crippen LogP contribution in [-0.4, -0.2) is 36.8 Å². The molecule has 0 atom stereocenters. The largest absolute Gasteiger partial charge is 0.496 e. The number of hydrogen-bond donors (Lipinski definition) is 2. The molecule has 0 bridgehead atoms. The van der Waals surface area contributed by atoms with Gasteiger partial charge in [-0.05, 0) is 24.6 Å². The van der Waals surface area contributed by atoms with Crippen LogP contribution in [0.4, 0.5) is 0 Å². The van der Waals surface area contributed by atoms with E-state index in [1.165, 1.54) is 5.56 Å². The maximum atomic E-state index is 9.04. The van der Waals surface area contributed by atoms with Crippen LogP contribution in [0.5, 0.6) is 5.75 Å². The Morgan fingerprint density at radius 1 is 1.33 bits per heavy atom. The van der Waals surface area contributed by atoms with Crippen LogP contribution in [0, 0.1) is 0 Å². The van der Waals surface area contributed by atoms with Gasteiger partial charge in [-0.15, -0.1) is 0 Å². The number of aliphatic hydroxyl groups excluding tert-OH is 1. The van der Waals surface area contributed by atoms with Gasteiger partial charge in [0.05, 0.1) is 13.7 Å². The molecule has 0 aliphatic heterocycles. The third kappa shape index (κ3) is 4.29. The molecule has 1 rings (SSSR count). The van der Waals surface area contributed by atoms with E-state index in [9.17, 15) is 0 Å². The third-order valence-electron chi connectivity index (χ3n) is 2.93. The van der Waals surface area contributed by atoms with Crippen LogP contribution in [0.3, 0.4) is 0 Å². The molecular formula is C14H24N2O2.